The van der Waals surface area contributed by atoms with Crippen LogP contribution in [-0.2, 0) is 11.2 Å². The van der Waals surface area contributed by atoms with Gasteiger partial charge in [0.05, 0.1) is 17.7 Å². The third-order valence-corrected chi connectivity index (χ3v) is 4.09. The first kappa shape index (κ1) is 24.1. The molecular weight excluding hydrogens is 334 g/mol. The maximum absolute atomic E-state index is 11.2. The third kappa shape index (κ3) is 8.97. The standard InChI is InChI=1S/C14H18O5.C6H15N/c1-2-3-8-19-9-7-10-5-4-6-11(13(15)16)12(10)14(17)18;1-4-7(5-2)6-3/h4-6H,2-3,7-9H2,1H3,(H,15,16)(H,17,18);4-6H2,1-3H3. The highest BCUT2D eigenvalue weighted by Crippen LogP contribution is 2.16. The molecule has 0 bridgehead atoms. The molecule has 0 aliphatic carbocycles. The van der Waals surface area contributed by atoms with Crippen molar-refractivity contribution in [3.05, 3.63) is 34.9 Å². The van der Waals surface area contributed by atoms with Crippen LogP contribution in [0.5, 0.6) is 0 Å². The van der Waals surface area contributed by atoms with Gasteiger partial charge in [0, 0.05) is 6.61 Å². The highest BCUT2D eigenvalue weighted by atomic mass is 16.5. The molecule has 0 fully saturated rings. The molecule has 0 heterocycles. The summed E-state index contributed by atoms with van der Waals surface area (Å²) in [7, 11) is 0. The number of rotatable bonds is 11. The van der Waals surface area contributed by atoms with Gasteiger partial charge in [-0.2, -0.15) is 0 Å². The summed E-state index contributed by atoms with van der Waals surface area (Å²) in [6.45, 7) is 13.2. The second-order valence-electron chi connectivity index (χ2n) is 5.79. The number of hydrogen-bond donors (Lipinski definition) is 2. The Morgan fingerprint density at radius 1 is 0.962 bits per heavy atom. The number of carboxylic acid groups (broad SMARTS) is 2. The fourth-order valence-electron chi connectivity index (χ4n) is 2.44. The Morgan fingerprint density at radius 2 is 1.58 bits per heavy atom. The van der Waals surface area contributed by atoms with Crippen LogP contribution in [-0.4, -0.2) is 59.9 Å². The van der Waals surface area contributed by atoms with E-state index in [1.54, 1.807) is 12.1 Å². The minimum absolute atomic E-state index is 0.144. The van der Waals surface area contributed by atoms with Crippen LogP contribution in [0.2, 0.25) is 0 Å². The number of aromatic carboxylic acids is 2. The van der Waals surface area contributed by atoms with Gasteiger partial charge in [-0.15, -0.1) is 0 Å². The molecule has 0 saturated carbocycles. The molecule has 0 unspecified atom stereocenters. The zero-order valence-electron chi connectivity index (χ0n) is 16.5. The smallest absolute Gasteiger partial charge is 0.336 e. The number of unbranched alkanes of at least 4 members (excludes halogenated alkanes) is 1. The van der Waals surface area contributed by atoms with Crippen LogP contribution in [0.3, 0.4) is 0 Å². The summed E-state index contributed by atoms with van der Waals surface area (Å²) >= 11 is 0. The molecule has 0 aliphatic rings. The Balaban J connectivity index is 0.000000758. The minimum Gasteiger partial charge on any atom is -0.478 e. The monoisotopic (exact) mass is 367 g/mol. The Kier molecular flexibility index (Phi) is 13.2. The summed E-state index contributed by atoms with van der Waals surface area (Å²) in [6.07, 6.45) is 2.39. The van der Waals surface area contributed by atoms with Gasteiger partial charge in [0.2, 0.25) is 0 Å². The van der Waals surface area contributed by atoms with E-state index in [4.69, 9.17) is 14.9 Å². The van der Waals surface area contributed by atoms with Gasteiger partial charge in [0.25, 0.3) is 0 Å². The Labute approximate surface area is 156 Å². The predicted octanol–water partition coefficient (Wildman–Crippen LogP) is 3.79. The molecule has 0 radical (unpaired) electrons. The molecular formula is C20H33NO5. The molecule has 0 aliphatic heterocycles. The molecule has 1 rings (SSSR count). The molecule has 2 N–H and O–H groups in total. The van der Waals surface area contributed by atoms with Gasteiger partial charge in [-0.1, -0.05) is 46.2 Å². The zero-order valence-corrected chi connectivity index (χ0v) is 16.5. The predicted molar refractivity (Wildman–Crippen MR) is 103 cm³/mol. The van der Waals surface area contributed by atoms with E-state index in [2.05, 4.69) is 32.6 Å². The van der Waals surface area contributed by atoms with Gasteiger partial charge >= 0.3 is 11.9 Å². The third-order valence-electron chi connectivity index (χ3n) is 4.09. The largest absolute Gasteiger partial charge is 0.478 e. The van der Waals surface area contributed by atoms with E-state index in [9.17, 15) is 9.59 Å². The van der Waals surface area contributed by atoms with Gasteiger partial charge in [-0.25, -0.2) is 9.59 Å². The van der Waals surface area contributed by atoms with Crippen LogP contribution in [0.1, 0.15) is 66.8 Å². The minimum atomic E-state index is -1.23. The first-order valence-corrected chi connectivity index (χ1v) is 9.31. The molecule has 1 aromatic rings. The van der Waals surface area contributed by atoms with Gasteiger partial charge < -0.3 is 19.8 Å². The van der Waals surface area contributed by atoms with Gasteiger partial charge in [0.1, 0.15) is 0 Å². The summed E-state index contributed by atoms with van der Waals surface area (Å²) in [6, 6.07) is 4.48. The number of benzene rings is 1. The van der Waals surface area contributed by atoms with Crippen molar-refractivity contribution in [2.24, 2.45) is 0 Å². The van der Waals surface area contributed by atoms with Crippen molar-refractivity contribution >= 4 is 11.9 Å². The maximum atomic E-state index is 11.2. The SMILES string of the molecule is CCCCOCCc1cccc(C(=O)O)c1C(=O)O.CCN(CC)CC. The normalized spacial score (nSPS) is 10.3. The van der Waals surface area contributed by atoms with E-state index in [1.807, 2.05) is 0 Å². The van der Waals surface area contributed by atoms with Crippen LogP contribution in [0, 0.1) is 0 Å². The molecule has 0 aromatic heterocycles. The van der Waals surface area contributed by atoms with E-state index in [1.165, 1.54) is 25.7 Å². The van der Waals surface area contributed by atoms with E-state index in [-0.39, 0.29) is 11.1 Å². The van der Waals surface area contributed by atoms with E-state index in [0.29, 0.717) is 25.2 Å². The Morgan fingerprint density at radius 3 is 2.00 bits per heavy atom. The second-order valence-corrected chi connectivity index (χ2v) is 5.79. The molecule has 0 amide bonds. The van der Waals surface area contributed by atoms with Crippen LogP contribution < -0.4 is 0 Å². The summed E-state index contributed by atoms with van der Waals surface area (Å²) in [4.78, 5) is 24.6. The lowest BCUT2D eigenvalue weighted by Gasteiger charge is -2.13. The van der Waals surface area contributed by atoms with E-state index < -0.39 is 11.9 Å². The number of carbonyl (C=O) groups is 2. The summed E-state index contributed by atoms with van der Waals surface area (Å²) in [5.74, 6) is -2.45. The Bertz CT molecular complexity index is 535. The summed E-state index contributed by atoms with van der Waals surface area (Å²) in [5, 5.41) is 18.1. The highest BCUT2D eigenvalue weighted by Gasteiger charge is 2.19. The average Bonchev–Trinajstić information content (AvgIpc) is 2.63. The summed E-state index contributed by atoms with van der Waals surface area (Å²) in [5.41, 5.74) is 0.163. The van der Waals surface area contributed by atoms with Crippen molar-refractivity contribution in [2.45, 2.75) is 47.0 Å². The zero-order chi connectivity index (χ0) is 19.9. The van der Waals surface area contributed by atoms with Crippen molar-refractivity contribution in [2.75, 3.05) is 32.8 Å². The van der Waals surface area contributed by atoms with Crippen molar-refractivity contribution < 1.29 is 24.5 Å². The fourth-order valence-corrected chi connectivity index (χ4v) is 2.44. The molecule has 0 spiro atoms. The first-order valence-electron chi connectivity index (χ1n) is 9.31. The summed E-state index contributed by atoms with van der Waals surface area (Å²) < 4.78 is 5.37. The van der Waals surface area contributed by atoms with Crippen molar-refractivity contribution in [3.8, 4) is 0 Å². The average molecular weight is 367 g/mol. The van der Waals surface area contributed by atoms with Crippen molar-refractivity contribution in [1.29, 1.82) is 0 Å². The molecule has 6 heteroatoms. The molecule has 26 heavy (non-hydrogen) atoms. The lowest BCUT2D eigenvalue weighted by atomic mass is 9.99. The quantitative estimate of drug-likeness (QED) is 0.579. The van der Waals surface area contributed by atoms with Gasteiger partial charge in [-0.05, 0) is 44.1 Å². The fraction of sp³-hybridized carbons (Fsp3) is 0.600. The van der Waals surface area contributed by atoms with E-state index in [0.717, 1.165) is 12.8 Å². The molecule has 148 valence electrons. The van der Waals surface area contributed by atoms with E-state index >= 15 is 0 Å². The lowest BCUT2D eigenvalue weighted by Crippen LogP contribution is -2.21. The number of nitrogens with zero attached hydrogens (tertiary/aromatic N) is 1. The van der Waals surface area contributed by atoms with Gasteiger partial charge in [0.15, 0.2) is 0 Å². The van der Waals surface area contributed by atoms with Crippen LogP contribution in [0.4, 0.5) is 0 Å². The number of ether oxygens (including phenoxy) is 1. The van der Waals surface area contributed by atoms with Crippen molar-refractivity contribution in [3.63, 3.8) is 0 Å². The Hall–Kier alpha value is -1.92. The molecule has 1 aromatic carbocycles. The topological polar surface area (TPSA) is 87.1 Å². The highest BCUT2D eigenvalue weighted by molar-refractivity contribution is 6.02. The maximum Gasteiger partial charge on any atom is 0.336 e. The molecule has 6 nitrogen and oxygen atoms in total. The first-order chi connectivity index (χ1) is 12.4. The van der Waals surface area contributed by atoms with Crippen LogP contribution in [0.15, 0.2) is 18.2 Å². The van der Waals surface area contributed by atoms with Crippen LogP contribution in [0.25, 0.3) is 0 Å². The van der Waals surface area contributed by atoms with Crippen LogP contribution >= 0.6 is 0 Å². The molecule has 0 atom stereocenters. The number of hydrogen-bond acceptors (Lipinski definition) is 4. The second kappa shape index (κ2) is 14.3. The number of carboxylic acids is 2. The van der Waals surface area contributed by atoms with Crippen molar-refractivity contribution in [1.82, 2.24) is 4.90 Å². The molecule has 0 saturated heterocycles. The van der Waals surface area contributed by atoms with Gasteiger partial charge in [-0.3, -0.25) is 0 Å². The lowest BCUT2D eigenvalue weighted by molar-refractivity contribution is 0.0649.